The Morgan fingerprint density at radius 1 is 1.36 bits per heavy atom. The van der Waals surface area contributed by atoms with E-state index in [0.29, 0.717) is 5.69 Å². The number of nitrogens with one attached hydrogen (secondary N) is 2. The summed E-state index contributed by atoms with van der Waals surface area (Å²) in [6.07, 6.45) is 6.19. The van der Waals surface area contributed by atoms with E-state index in [1.807, 2.05) is 7.05 Å². The van der Waals surface area contributed by atoms with Crippen molar-refractivity contribution in [3.05, 3.63) is 36.0 Å². The van der Waals surface area contributed by atoms with Crippen LogP contribution in [0.5, 0.6) is 0 Å². The molecule has 33 heavy (non-hydrogen) atoms. The normalized spacial score (nSPS) is 18.8. The summed E-state index contributed by atoms with van der Waals surface area (Å²) in [5, 5.41) is 11.3. The van der Waals surface area contributed by atoms with Gasteiger partial charge in [0, 0.05) is 31.9 Å². The molecule has 11 heteroatoms. The van der Waals surface area contributed by atoms with Gasteiger partial charge in [-0.05, 0) is 44.9 Å². The van der Waals surface area contributed by atoms with Gasteiger partial charge in [0.15, 0.2) is 17.3 Å². The third kappa shape index (κ3) is 4.83. The maximum atomic E-state index is 14.1. The lowest BCUT2D eigenvalue weighted by molar-refractivity contribution is 0.102. The Morgan fingerprint density at radius 2 is 2.18 bits per heavy atom. The lowest BCUT2D eigenvalue weighted by Gasteiger charge is -2.29. The molecule has 1 aliphatic rings. The van der Waals surface area contributed by atoms with E-state index in [1.54, 1.807) is 10.9 Å². The summed E-state index contributed by atoms with van der Waals surface area (Å²) in [5.41, 5.74) is 6.86. The molecule has 4 rings (SSSR count). The van der Waals surface area contributed by atoms with Gasteiger partial charge in [-0.1, -0.05) is 18.3 Å². The second-order valence-electron chi connectivity index (χ2n) is 8.46. The quantitative estimate of drug-likeness (QED) is 0.504. The molecule has 0 aromatic carbocycles. The van der Waals surface area contributed by atoms with Crippen molar-refractivity contribution < 1.29 is 9.18 Å². The van der Waals surface area contributed by atoms with Gasteiger partial charge in [0.05, 0.1) is 6.20 Å². The molecule has 0 bridgehead atoms. The first-order chi connectivity index (χ1) is 15.8. The van der Waals surface area contributed by atoms with Gasteiger partial charge in [0.2, 0.25) is 0 Å². The maximum Gasteiger partial charge on any atom is 0.277 e. The van der Waals surface area contributed by atoms with Gasteiger partial charge in [-0.3, -0.25) is 14.5 Å². The predicted octanol–water partition coefficient (Wildman–Crippen LogP) is 3.27. The molecule has 9 nitrogen and oxygen atoms in total. The highest BCUT2D eigenvalue weighted by atomic mass is 32.1. The maximum absolute atomic E-state index is 14.1. The summed E-state index contributed by atoms with van der Waals surface area (Å²) in [5.74, 6) is -0.139. The van der Waals surface area contributed by atoms with Crippen LogP contribution in [0, 0.1) is 5.82 Å². The Kier molecular flexibility index (Phi) is 6.61. The molecule has 0 spiro atoms. The molecule has 176 valence electrons. The average molecular weight is 473 g/mol. The van der Waals surface area contributed by atoms with Crippen molar-refractivity contribution >= 4 is 33.8 Å². The van der Waals surface area contributed by atoms with Gasteiger partial charge in [0.1, 0.15) is 21.4 Å². The van der Waals surface area contributed by atoms with Crippen molar-refractivity contribution in [2.45, 2.75) is 38.6 Å². The molecule has 3 aromatic heterocycles. The first kappa shape index (κ1) is 23.1. The van der Waals surface area contributed by atoms with Crippen molar-refractivity contribution in [2.75, 3.05) is 35.6 Å². The number of thiazole rings is 1. The van der Waals surface area contributed by atoms with Crippen molar-refractivity contribution in [1.29, 1.82) is 0 Å². The number of carbonyl (C=O) groups excluding carboxylic acids is 1. The summed E-state index contributed by atoms with van der Waals surface area (Å²) >= 11 is 1.03. The lowest BCUT2D eigenvalue weighted by atomic mass is 9.93. The Hall–Kier alpha value is -3.05. The third-order valence-electron chi connectivity index (χ3n) is 5.98. The first-order valence-electron chi connectivity index (χ1n) is 11.0. The third-order valence-corrected chi connectivity index (χ3v) is 6.87. The van der Waals surface area contributed by atoms with Gasteiger partial charge >= 0.3 is 0 Å². The standard InChI is InChI=1S/C22H29FN8OS/c1-4-26-22(2)8-6-11-31(12-9-22)21-15(13-27-30(21)3)28-19(32)17-18(24)33-20(29-17)16-14(23)7-5-10-25-16/h5,7,10,13,26H,4,6,8-9,11-12,24H2,1-3H3,(H,28,32). The Morgan fingerprint density at radius 3 is 2.94 bits per heavy atom. The van der Waals surface area contributed by atoms with E-state index >= 15 is 0 Å². The smallest absolute Gasteiger partial charge is 0.277 e. The number of aromatic nitrogens is 4. The van der Waals surface area contributed by atoms with Gasteiger partial charge in [-0.15, -0.1) is 0 Å². The molecule has 0 aliphatic carbocycles. The Balaban J connectivity index is 1.54. The molecule has 0 radical (unpaired) electrons. The largest absolute Gasteiger partial charge is 0.389 e. The number of rotatable bonds is 6. The number of amides is 1. The molecule has 1 amide bonds. The first-order valence-corrected chi connectivity index (χ1v) is 11.8. The molecular formula is C22H29FN8OS. The minimum atomic E-state index is -0.515. The van der Waals surface area contributed by atoms with Crippen LogP contribution in [-0.4, -0.2) is 50.8 Å². The van der Waals surface area contributed by atoms with E-state index in [9.17, 15) is 9.18 Å². The number of halogens is 1. The molecule has 4 N–H and O–H groups in total. The highest BCUT2D eigenvalue weighted by Crippen LogP contribution is 2.33. The Labute approximate surface area is 196 Å². The van der Waals surface area contributed by atoms with E-state index in [-0.39, 0.29) is 26.9 Å². The zero-order chi connectivity index (χ0) is 23.6. The SMILES string of the molecule is CCNC1(C)CCCN(c2c(NC(=O)c3nc(-c4ncccc4F)sc3N)cnn2C)CC1. The minimum absolute atomic E-state index is 0.0467. The van der Waals surface area contributed by atoms with Gasteiger partial charge in [-0.25, -0.2) is 9.37 Å². The number of nitrogens with two attached hydrogens (primary N) is 1. The minimum Gasteiger partial charge on any atom is -0.389 e. The highest BCUT2D eigenvalue weighted by molar-refractivity contribution is 7.19. The number of hydrogen-bond acceptors (Lipinski definition) is 8. The lowest BCUT2D eigenvalue weighted by Crippen LogP contribution is -2.43. The zero-order valence-electron chi connectivity index (χ0n) is 19.1. The topological polar surface area (TPSA) is 114 Å². The summed E-state index contributed by atoms with van der Waals surface area (Å²) < 4.78 is 15.9. The van der Waals surface area contributed by atoms with Crippen LogP contribution in [-0.2, 0) is 7.05 Å². The average Bonchev–Trinajstić information content (AvgIpc) is 3.27. The van der Waals surface area contributed by atoms with E-state index in [1.165, 1.54) is 18.3 Å². The number of carbonyl (C=O) groups is 1. The van der Waals surface area contributed by atoms with Crippen LogP contribution in [0.15, 0.2) is 24.5 Å². The highest BCUT2D eigenvalue weighted by Gasteiger charge is 2.29. The number of nitrogens with zero attached hydrogens (tertiary/aromatic N) is 5. The molecule has 1 atom stereocenters. The van der Waals surface area contributed by atoms with Crippen LogP contribution in [0.25, 0.3) is 10.7 Å². The molecule has 1 fully saturated rings. The van der Waals surface area contributed by atoms with Crippen LogP contribution in [0.2, 0.25) is 0 Å². The monoisotopic (exact) mass is 472 g/mol. The van der Waals surface area contributed by atoms with Crippen molar-refractivity contribution in [3.8, 4) is 10.7 Å². The van der Waals surface area contributed by atoms with Gasteiger partial charge in [-0.2, -0.15) is 5.10 Å². The number of nitrogen functional groups attached to an aromatic ring is 1. The zero-order valence-corrected chi connectivity index (χ0v) is 19.9. The molecule has 0 saturated carbocycles. The van der Waals surface area contributed by atoms with Crippen LogP contribution >= 0.6 is 11.3 Å². The van der Waals surface area contributed by atoms with Crippen LogP contribution < -0.4 is 21.3 Å². The molecule has 1 unspecified atom stereocenters. The van der Waals surface area contributed by atoms with E-state index in [4.69, 9.17) is 5.73 Å². The fraction of sp³-hybridized carbons (Fsp3) is 0.455. The van der Waals surface area contributed by atoms with Crippen molar-refractivity contribution in [1.82, 2.24) is 25.1 Å². The van der Waals surface area contributed by atoms with E-state index < -0.39 is 11.7 Å². The number of aryl methyl sites for hydroxylation is 1. The fourth-order valence-electron chi connectivity index (χ4n) is 4.31. The van der Waals surface area contributed by atoms with Gasteiger partial charge in [0.25, 0.3) is 5.91 Å². The number of anilines is 3. The summed E-state index contributed by atoms with van der Waals surface area (Å²) in [7, 11) is 1.86. The van der Waals surface area contributed by atoms with Crippen LogP contribution in [0.1, 0.15) is 43.6 Å². The summed E-state index contributed by atoms with van der Waals surface area (Å²) in [6.45, 7) is 7.03. The molecule has 1 aliphatic heterocycles. The number of hydrogen-bond donors (Lipinski definition) is 3. The fourth-order valence-corrected chi connectivity index (χ4v) is 5.14. The van der Waals surface area contributed by atoms with E-state index in [0.717, 1.165) is 56.1 Å². The van der Waals surface area contributed by atoms with Crippen molar-refractivity contribution in [2.24, 2.45) is 7.05 Å². The van der Waals surface area contributed by atoms with E-state index in [2.05, 4.69) is 44.4 Å². The van der Waals surface area contributed by atoms with Gasteiger partial charge < -0.3 is 21.3 Å². The number of pyridine rings is 1. The summed E-state index contributed by atoms with van der Waals surface area (Å²) in [6, 6.07) is 2.79. The van der Waals surface area contributed by atoms with Crippen LogP contribution in [0.4, 0.5) is 20.9 Å². The van der Waals surface area contributed by atoms with Crippen molar-refractivity contribution in [3.63, 3.8) is 0 Å². The molecule has 3 aromatic rings. The summed E-state index contributed by atoms with van der Waals surface area (Å²) in [4.78, 5) is 23.6. The van der Waals surface area contributed by atoms with Crippen LogP contribution in [0.3, 0.4) is 0 Å². The Bertz CT molecular complexity index is 1150. The second-order valence-corrected chi connectivity index (χ2v) is 9.49. The molecular weight excluding hydrogens is 443 g/mol. The predicted molar refractivity (Wildman–Crippen MR) is 129 cm³/mol. The second kappa shape index (κ2) is 9.44. The molecule has 1 saturated heterocycles. The molecule has 4 heterocycles.